The van der Waals surface area contributed by atoms with Gasteiger partial charge in [0.15, 0.2) is 0 Å². The molecule has 0 radical (unpaired) electrons. The molecule has 9 heteroatoms. The maximum atomic E-state index is 12.4. The number of rotatable bonds is 4. The minimum atomic E-state index is -4.69. The fourth-order valence-electron chi connectivity index (χ4n) is 1.86. The zero-order chi connectivity index (χ0) is 15.8. The number of aromatic nitrogens is 2. The van der Waals surface area contributed by atoms with Crippen molar-refractivity contribution in [3.05, 3.63) is 23.8 Å². The second-order valence-electron chi connectivity index (χ2n) is 4.75. The Balaban J connectivity index is 2.23. The lowest BCUT2D eigenvalue weighted by molar-refractivity contribution is -0.145. The maximum Gasteiger partial charge on any atom is 0.451 e. The van der Waals surface area contributed by atoms with Crippen LogP contribution in [0.1, 0.15) is 35.9 Å². The van der Waals surface area contributed by atoms with Crippen LogP contribution in [-0.2, 0) is 11.0 Å². The highest BCUT2D eigenvalue weighted by molar-refractivity contribution is 5.96. The van der Waals surface area contributed by atoms with Gasteiger partial charge in [0.2, 0.25) is 5.82 Å². The van der Waals surface area contributed by atoms with Gasteiger partial charge in [-0.2, -0.15) is 13.2 Å². The molecular formula is C12H12F3N3O3. The lowest BCUT2D eigenvalue weighted by Crippen LogP contribution is -2.44. The van der Waals surface area contributed by atoms with Crippen molar-refractivity contribution in [2.24, 2.45) is 0 Å². The van der Waals surface area contributed by atoms with Gasteiger partial charge in [0, 0.05) is 18.4 Å². The first-order valence-corrected chi connectivity index (χ1v) is 6.16. The molecule has 1 saturated carbocycles. The molecule has 1 aromatic rings. The normalized spacial score (nSPS) is 16.4. The lowest BCUT2D eigenvalue weighted by Gasteiger charge is -2.26. The Morgan fingerprint density at radius 3 is 2.24 bits per heavy atom. The number of aliphatic carboxylic acids is 1. The number of carbonyl (C=O) groups is 2. The number of alkyl halides is 3. The second kappa shape index (κ2) is 5.30. The summed E-state index contributed by atoms with van der Waals surface area (Å²) in [5.41, 5.74) is -0.164. The van der Waals surface area contributed by atoms with E-state index in [0.717, 1.165) is 17.3 Å². The predicted molar refractivity (Wildman–Crippen MR) is 63.3 cm³/mol. The average Bonchev–Trinajstić information content (AvgIpc) is 3.22. The van der Waals surface area contributed by atoms with Gasteiger partial charge in [-0.25, -0.2) is 14.8 Å². The van der Waals surface area contributed by atoms with Crippen molar-refractivity contribution >= 4 is 11.9 Å². The number of halogens is 3. The lowest BCUT2D eigenvalue weighted by atomic mass is 10.2. The SMILES string of the molecule is CC(C(=O)O)N(C(=O)c1cnc(C(F)(F)F)nc1)C1CC1. The summed E-state index contributed by atoms with van der Waals surface area (Å²) in [5.74, 6) is -3.20. The molecular weight excluding hydrogens is 291 g/mol. The summed E-state index contributed by atoms with van der Waals surface area (Å²) >= 11 is 0. The smallest absolute Gasteiger partial charge is 0.451 e. The molecule has 0 saturated heterocycles. The molecule has 1 fully saturated rings. The van der Waals surface area contributed by atoms with Gasteiger partial charge in [0.25, 0.3) is 5.91 Å². The van der Waals surface area contributed by atoms with Crippen LogP contribution in [0.2, 0.25) is 0 Å². The zero-order valence-electron chi connectivity index (χ0n) is 11.0. The van der Waals surface area contributed by atoms with E-state index in [2.05, 4.69) is 9.97 Å². The summed E-state index contributed by atoms with van der Waals surface area (Å²) in [6.45, 7) is 1.35. The van der Waals surface area contributed by atoms with E-state index in [4.69, 9.17) is 5.11 Å². The molecule has 0 aliphatic heterocycles. The molecule has 1 N–H and O–H groups in total. The van der Waals surface area contributed by atoms with Crippen LogP contribution in [0.3, 0.4) is 0 Å². The van der Waals surface area contributed by atoms with Gasteiger partial charge in [0.1, 0.15) is 6.04 Å². The Hall–Kier alpha value is -2.19. The topological polar surface area (TPSA) is 83.4 Å². The predicted octanol–water partition coefficient (Wildman–Crippen LogP) is 1.57. The highest BCUT2D eigenvalue weighted by Gasteiger charge is 2.39. The van der Waals surface area contributed by atoms with Gasteiger partial charge in [0.05, 0.1) is 5.56 Å². The Morgan fingerprint density at radius 1 is 1.33 bits per heavy atom. The number of carbonyl (C=O) groups excluding carboxylic acids is 1. The minimum absolute atomic E-state index is 0.164. The molecule has 6 nitrogen and oxygen atoms in total. The van der Waals surface area contributed by atoms with Crippen LogP contribution in [-0.4, -0.2) is 43.9 Å². The fraction of sp³-hybridized carbons (Fsp3) is 0.500. The van der Waals surface area contributed by atoms with Crippen molar-refractivity contribution in [3.8, 4) is 0 Å². The molecule has 1 aliphatic rings. The van der Waals surface area contributed by atoms with Crippen LogP contribution >= 0.6 is 0 Å². The van der Waals surface area contributed by atoms with E-state index in [1.54, 1.807) is 0 Å². The summed E-state index contributed by atoms with van der Waals surface area (Å²) in [7, 11) is 0. The summed E-state index contributed by atoms with van der Waals surface area (Å²) in [6.07, 6.45) is -1.81. The standard InChI is InChI=1S/C12H12F3N3O3/c1-6(10(20)21)18(8-2-3-8)9(19)7-4-16-11(17-5-7)12(13,14)15/h4-6,8H,2-3H2,1H3,(H,20,21). The van der Waals surface area contributed by atoms with E-state index >= 15 is 0 Å². The number of carboxylic acid groups (broad SMARTS) is 1. The van der Waals surface area contributed by atoms with Crippen LogP contribution < -0.4 is 0 Å². The highest BCUT2D eigenvalue weighted by atomic mass is 19.4. The summed E-state index contributed by atoms with van der Waals surface area (Å²) < 4.78 is 37.1. The molecule has 0 aromatic carbocycles. The Bertz CT molecular complexity index is 555. The van der Waals surface area contributed by atoms with E-state index in [0.29, 0.717) is 12.8 Å². The third-order valence-electron chi connectivity index (χ3n) is 3.10. The number of hydrogen-bond acceptors (Lipinski definition) is 4. The highest BCUT2D eigenvalue weighted by Crippen LogP contribution is 2.30. The van der Waals surface area contributed by atoms with Gasteiger partial charge >= 0.3 is 12.1 Å². The number of nitrogens with zero attached hydrogens (tertiary/aromatic N) is 3. The first-order chi connectivity index (χ1) is 9.71. The summed E-state index contributed by atoms with van der Waals surface area (Å²) in [4.78, 5) is 30.6. The van der Waals surface area contributed by atoms with Crippen molar-refractivity contribution in [3.63, 3.8) is 0 Å². The first-order valence-electron chi connectivity index (χ1n) is 6.16. The molecule has 1 unspecified atom stereocenters. The van der Waals surface area contributed by atoms with Gasteiger partial charge in [-0.05, 0) is 19.8 Å². The Kier molecular flexibility index (Phi) is 3.84. The first kappa shape index (κ1) is 15.2. The molecule has 1 atom stereocenters. The van der Waals surface area contributed by atoms with E-state index in [1.807, 2.05) is 0 Å². The third-order valence-corrected chi connectivity index (χ3v) is 3.10. The molecule has 1 amide bonds. The van der Waals surface area contributed by atoms with Gasteiger partial charge in [-0.15, -0.1) is 0 Å². The van der Waals surface area contributed by atoms with Gasteiger partial charge < -0.3 is 10.0 Å². The fourth-order valence-corrected chi connectivity index (χ4v) is 1.86. The van der Waals surface area contributed by atoms with Crippen LogP contribution in [0.15, 0.2) is 12.4 Å². The zero-order valence-corrected chi connectivity index (χ0v) is 11.0. The Morgan fingerprint density at radius 2 is 1.86 bits per heavy atom. The van der Waals surface area contributed by atoms with Crippen molar-refractivity contribution in [2.75, 3.05) is 0 Å². The van der Waals surface area contributed by atoms with E-state index in [9.17, 15) is 22.8 Å². The van der Waals surface area contributed by atoms with Gasteiger partial charge in [-0.1, -0.05) is 0 Å². The summed E-state index contributed by atoms with van der Waals surface area (Å²) in [6, 6.07) is -1.27. The van der Waals surface area contributed by atoms with Crippen LogP contribution in [0.25, 0.3) is 0 Å². The van der Waals surface area contributed by atoms with E-state index in [1.165, 1.54) is 6.92 Å². The molecule has 0 bridgehead atoms. The van der Waals surface area contributed by atoms with Crippen molar-refractivity contribution < 1.29 is 27.9 Å². The molecule has 21 heavy (non-hydrogen) atoms. The van der Waals surface area contributed by atoms with Crippen LogP contribution in [0.5, 0.6) is 0 Å². The third kappa shape index (κ3) is 3.29. The number of hydrogen-bond donors (Lipinski definition) is 1. The largest absolute Gasteiger partial charge is 0.480 e. The molecule has 114 valence electrons. The van der Waals surface area contributed by atoms with Crippen molar-refractivity contribution in [1.29, 1.82) is 0 Å². The average molecular weight is 303 g/mol. The molecule has 2 rings (SSSR count). The number of amides is 1. The quantitative estimate of drug-likeness (QED) is 0.913. The molecule has 1 aromatic heterocycles. The number of carboxylic acids is 1. The van der Waals surface area contributed by atoms with Crippen LogP contribution in [0.4, 0.5) is 13.2 Å². The second-order valence-corrected chi connectivity index (χ2v) is 4.75. The molecule has 0 spiro atoms. The Labute approximate surface area is 117 Å². The molecule has 1 heterocycles. The van der Waals surface area contributed by atoms with Gasteiger partial charge in [-0.3, -0.25) is 4.79 Å². The summed E-state index contributed by atoms with van der Waals surface area (Å²) in [5, 5.41) is 9.00. The van der Waals surface area contributed by atoms with E-state index in [-0.39, 0.29) is 11.6 Å². The van der Waals surface area contributed by atoms with Crippen molar-refractivity contribution in [1.82, 2.24) is 14.9 Å². The molecule has 1 aliphatic carbocycles. The minimum Gasteiger partial charge on any atom is -0.480 e. The van der Waals surface area contributed by atoms with Crippen LogP contribution in [0, 0.1) is 0 Å². The van der Waals surface area contributed by atoms with E-state index < -0.39 is 29.9 Å². The maximum absolute atomic E-state index is 12.4. The van der Waals surface area contributed by atoms with Crippen molar-refractivity contribution in [2.45, 2.75) is 38.0 Å². The monoisotopic (exact) mass is 303 g/mol.